The van der Waals surface area contributed by atoms with E-state index in [0.29, 0.717) is 28.0 Å². The Morgan fingerprint density at radius 3 is 2.31 bits per heavy atom. The number of ether oxygens (including phenoxy) is 2. The SMILES string of the molecule is CCCCOc1ccc(C(=O)OCC(=O)Nc2c(Cl)cccc2Cl)cc1. The summed E-state index contributed by atoms with van der Waals surface area (Å²) in [5.41, 5.74) is 0.613. The molecule has 138 valence electrons. The predicted molar refractivity (Wildman–Crippen MR) is 102 cm³/mol. The Bertz CT molecular complexity index is 742. The highest BCUT2D eigenvalue weighted by atomic mass is 35.5. The summed E-state index contributed by atoms with van der Waals surface area (Å²) in [6.07, 6.45) is 2.01. The number of hydrogen-bond donors (Lipinski definition) is 1. The Labute approximate surface area is 162 Å². The summed E-state index contributed by atoms with van der Waals surface area (Å²) >= 11 is 11.9. The monoisotopic (exact) mass is 395 g/mol. The van der Waals surface area contributed by atoms with Crippen molar-refractivity contribution >= 4 is 40.8 Å². The lowest BCUT2D eigenvalue weighted by Gasteiger charge is -2.10. The summed E-state index contributed by atoms with van der Waals surface area (Å²) in [5, 5.41) is 3.13. The molecule has 1 N–H and O–H groups in total. The number of unbranched alkanes of at least 4 members (excludes halogenated alkanes) is 1. The minimum absolute atomic E-state index is 0.283. The van der Waals surface area contributed by atoms with Crippen LogP contribution in [0, 0.1) is 0 Å². The summed E-state index contributed by atoms with van der Waals surface area (Å²) in [6, 6.07) is 11.4. The standard InChI is InChI=1S/C19H19Cl2NO4/c1-2-3-11-25-14-9-7-13(8-10-14)19(24)26-12-17(23)22-18-15(20)5-4-6-16(18)21/h4-10H,2-3,11-12H2,1H3,(H,22,23). The average Bonchev–Trinajstić information content (AvgIpc) is 2.64. The first kappa shape index (κ1) is 20.1. The molecule has 0 atom stereocenters. The first-order valence-electron chi connectivity index (χ1n) is 8.15. The van der Waals surface area contributed by atoms with Gasteiger partial charge in [-0.1, -0.05) is 42.6 Å². The maximum absolute atomic E-state index is 12.0. The molecule has 0 spiro atoms. The number of carbonyl (C=O) groups is 2. The van der Waals surface area contributed by atoms with Crippen molar-refractivity contribution in [2.75, 3.05) is 18.5 Å². The number of rotatable bonds is 8. The molecular formula is C19H19Cl2NO4. The van der Waals surface area contributed by atoms with Gasteiger partial charge in [-0.15, -0.1) is 0 Å². The maximum atomic E-state index is 12.0. The van der Waals surface area contributed by atoms with Crippen LogP contribution in [0.1, 0.15) is 30.1 Å². The van der Waals surface area contributed by atoms with Crippen molar-refractivity contribution in [3.05, 3.63) is 58.1 Å². The third-order valence-corrected chi connectivity index (χ3v) is 4.05. The van der Waals surface area contributed by atoms with E-state index in [1.54, 1.807) is 42.5 Å². The predicted octanol–water partition coefficient (Wildman–Crippen LogP) is 4.97. The van der Waals surface area contributed by atoms with Crippen LogP contribution in [-0.2, 0) is 9.53 Å². The van der Waals surface area contributed by atoms with Crippen LogP contribution >= 0.6 is 23.2 Å². The second-order valence-electron chi connectivity index (χ2n) is 5.45. The molecular weight excluding hydrogens is 377 g/mol. The van der Waals surface area contributed by atoms with Gasteiger partial charge >= 0.3 is 5.97 Å². The minimum atomic E-state index is -0.606. The molecule has 0 bridgehead atoms. The van der Waals surface area contributed by atoms with Crippen LogP contribution in [0.2, 0.25) is 10.0 Å². The Morgan fingerprint density at radius 2 is 1.69 bits per heavy atom. The van der Waals surface area contributed by atoms with E-state index in [1.165, 1.54) is 0 Å². The van der Waals surface area contributed by atoms with E-state index in [0.717, 1.165) is 12.8 Å². The van der Waals surface area contributed by atoms with E-state index < -0.39 is 18.5 Å². The van der Waals surface area contributed by atoms with E-state index in [-0.39, 0.29) is 5.69 Å². The summed E-state index contributed by atoms with van der Waals surface area (Å²) in [7, 11) is 0. The summed E-state index contributed by atoms with van der Waals surface area (Å²) in [4.78, 5) is 23.9. The van der Waals surface area contributed by atoms with Gasteiger partial charge in [-0.05, 0) is 42.8 Å². The van der Waals surface area contributed by atoms with Gasteiger partial charge in [-0.2, -0.15) is 0 Å². The van der Waals surface area contributed by atoms with E-state index in [4.69, 9.17) is 32.7 Å². The molecule has 5 nitrogen and oxygen atoms in total. The van der Waals surface area contributed by atoms with E-state index in [9.17, 15) is 9.59 Å². The van der Waals surface area contributed by atoms with Crippen LogP contribution in [0.3, 0.4) is 0 Å². The molecule has 2 aromatic rings. The number of carbonyl (C=O) groups excluding carboxylic acids is 2. The van der Waals surface area contributed by atoms with E-state index in [2.05, 4.69) is 12.2 Å². The second-order valence-corrected chi connectivity index (χ2v) is 6.26. The van der Waals surface area contributed by atoms with Gasteiger partial charge in [0.05, 0.1) is 27.9 Å². The maximum Gasteiger partial charge on any atom is 0.338 e. The lowest BCUT2D eigenvalue weighted by Crippen LogP contribution is -2.21. The second kappa shape index (κ2) is 10.0. The molecule has 1 amide bonds. The fraction of sp³-hybridized carbons (Fsp3) is 0.263. The fourth-order valence-corrected chi connectivity index (χ4v) is 2.52. The van der Waals surface area contributed by atoms with Crippen LogP contribution in [0.5, 0.6) is 5.75 Å². The number of anilines is 1. The van der Waals surface area contributed by atoms with Gasteiger partial charge < -0.3 is 14.8 Å². The van der Waals surface area contributed by atoms with Gasteiger partial charge in [-0.25, -0.2) is 4.79 Å². The van der Waals surface area contributed by atoms with Crippen molar-refractivity contribution in [2.24, 2.45) is 0 Å². The largest absolute Gasteiger partial charge is 0.494 e. The Hall–Kier alpha value is -2.24. The Balaban J connectivity index is 1.85. The molecule has 0 aliphatic heterocycles. The lowest BCUT2D eigenvalue weighted by atomic mass is 10.2. The van der Waals surface area contributed by atoms with Crippen LogP contribution in [-0.4, -0.2) is 25.1 Å². The van der Waals surface area contributed by atoms with Gasteiger partial charge in [0.25, 0.3) is 5.91 Å². The molecule has 0 radical (unpaired) electrons. The van der Waals surface area contributed by atoms with Crippen LogP contribution in [0.25, 0.3) is 0 Å². The zero-order valence-electron chi connectivity index (χ0n) is 14.3. The number of hydrogen-bond acceptors (Lipinski definition) is 4. The van der Waals surface area contributed by atoms with E-state index in [1.807, 2.05) is 0 Å². The van der Waals surface area contributed by atoms with Crippen LogP contribution in [0.4, 0.5) is 5.69 Å². The molecule has 2 aromatic carbocycles. The van der Waals surface area contributed by atoms with E-state index >= 15 is 0 Å². The molecule has 2 rings (SSSR count). The van der Waals surface area contributed by atoms with Crippen molar-refractivity contribution < 1.29 is 19.1 Å². The normalized spacial score (nSPS) is 10.3. The molecule has 0 saturated carbocycles. The number of halogens is 2. The zero-order valence-corrected chi connectivity index (χ0v) is 15.8. The molecule has 26 heavy (non-hydrogen) atoms. The zero-order chi connectivity index (χ0) is 18.9. The minimum Gasteiger partial charge on any atom is -0.494 e. The van der Waals surface area contributed by atoms with Crippen LogP contribution in [0.15, 0.2) is 42.5 Å². The number of para-hydroxylation sites is 1. The van der Waals surface area contributed by atoms with Crippen LogP contribution < -0.4 is 10.1 Å². The quantitative estimate of drug-likeness (QED) is 0.506. The Kier molecular flexibility index (Phi) is 7.75. The average molecular weight is 396 g/mol. The highest BCUT2D eigenvalue weighted by Gasteiger charge is 2.13. The van der Waals surface area contributed by atoms with Crippen molar-refractivity contribution in [3.8, 4) is 5.75 Å². The highest BCUT2D eigenvalue weighted by Crippen LogP contribution is 2.29. The molecule has 0 saturated heterocycles. The number of nitrogens with one attached hydrogen (secondary N) is 1. The first-order chi connectivity index (χ1) is 12.5. The summed E-state index contributed by atoms with van der Waals surface area (Å²) < 4.78 is 10.5. The molecule has 0 aliphatic carbocycles. The van der Waals surface area contributed by atoms with Crippen molar-refractivity contribution in [1.29, 1.82) is 0 Å². The summed E-state index contributed by atoms with van der Waals surface area (Å²) in [6.45, 7) is 2.26. The third-order valence-electron chi connectivity index (χ3n) is 3.42. The molecule has 0 heterocycles. The van der Waals surface area contributed by atoms with Crippen molar-refractivity contribution in [1.82, 2.24) is 0 Å². The summed E-state index contributed by atoms with van der Waals surface area (Å²) in [5.74, 6) is -0.459. The molecule has 0 unspecified atom stereocenters. The Morgan fingerprint density at radius 1 is 1.04 bits per heavy atom. The first-order valence-corrected chi connectivity index (χ1v) is 8.90. The molecule has 0 aliphatic rings. The number of benzene rings is 2. The smallest absolute Gasteiger partial charge is 0.338 e. The molecule has 0 aromatic heterocycles. The number of amides is 1. The van der Waals surface area contributed by atoms with Gasteiger partial charge in [-0.3, -0.25) is 4.79 Å². The molecule has 0 fully saturated rings. The fourth-order valence-electron chi connectivity index (χ4n) is 2.03. The highest BCUT2D eigenvalue weighted by molar-refractivity contribution is 6.39. The van der Waals surface area contributed by atoms with Gasteiger partial charge in [0, 0.05) is 0 Å². The van der Waals surface area contributed by atoms with Crippen molar-refractivity contribution in [3.63, 3.8) is 0 Å². The molecule has 7 heteroatoms. The van der Waals surface area contributed by atoms with Crippen molar-refractivity contribution in [2.45, 2.75) is 19.8 Å². The topological polar surface area (TPSA) is 64.6 Å². The third kappa shape index (κ3) is 5.93. The van der Waals surface area contributed by atoms with Gasteiger partial charge in [0.2, 0.25) is 0 Å². The lowest BCUT2D eigenvalue weighted by molar-refractivity contribution is -0.119. The van der Waals surface area contributed by atoms with Gasteiger partial charge in [0.1, 0.15) is 5.75 Å². The number of esters is 1. The van der Waals surface area contributed by atoms with Gasteiger partial charge in [0.15, 0.2) is 6.61 Å².